The van der Waals surface area contributed by atoms with Gasteiger partial charge in [-0.15, -0.1) is 0 Å². The Bertz CT molecular complexity index is 806. The van der Waals surface area contributed by atoms with Gasteiger partial charge in [-0.05, 0) is 61.6 Å². The minimum Gasteiger partial charge on any atom is -0.493 e. The number of ether oxygens (including phenoxy) is 2. The van der Waals surface area contributed by atoms with Crippen molar-refractivity contribution in [2.45, 2.75) is 45.7 Å². The zero-order chi connectivity index (χ0) is 20.1. The number of methoxy groups -OCH3 is 1. The molecule has 0 saturated heterocycles. The van der Waals surface area contributed by atoms with Crippen molar-refractivity contribution >= 4 is 12.0 Å². The number of carbonyl (C=O) groups is 1. The second-order valence-electron chi connectivity index (χ2n) is 7.62. The lowest BCUT2D eigenvalue weighted by atomic mass is 10.1. The number of nitrogens with zero attached hydrogens (tertiary/aromatic N) is 1. The third-order valence-electron chi connectivity index (χ3n) is 4.75. The summed E-state index contributed by atoms with van der Waals surface area (Å²) in [5, 5.41) is 0. The van der Waals surface area contributed by atoms with Crippen LogP contribution in [0.15, 0.2) is 47.1 Å². The van der Waals surface area contributed by atoms with E-state index in [1.54, 1.807) is 19.4 Å². The van der Waals surface area contributed by atoms with Gasteiger partial charge in [0.05, 0.1) is 26.0 Å². The maximum atomic E-state index is 12.9. The van der Waals surface area contributed by atoms with Gasteiger partial charge in [0.1, 0.15) is 5.76 Å². The highest BCUT2D eigenvalue weighted by atomic mass is 16.5. The lowest BCUT2D eigenvalue weighted by Gasteiger charge is -2.26. The smallest absolute Gasteiger partial charge is 0.247 e. The maximum Gasteiger partial charge on any atom is 0.247 e. The molecule has 1 fully saturated rings. The minimum atomic E-state index is -0.0824. The van der Waals surface area contributed by atoms with E-state index in [0.29, 0.717) is 30.1 Å². The number of amides is 1. The highest BCUT2D eigenvalue weighted by Gasteiger charge is 2.36. The Morgan fingerprint density at radius 1 is 1.25 bits per heavy atom. The summed E-state index contributed by atoms with van der Waals surface area (Å²) < 4.78 is 16.7. The summed E-state index contributed by atoms with van der Waals surface area (Å²) in [5.74, 6) is 2.61. The van der Waals surface area contributed by atoms with Gasteiger partial charge >= 0.3 is 0 Å². The molecule has 1 aliphatic carbocycles. The summed E-state index contributed by atoms with van der Waals surface area (Å²) in [7, 11) is 1.62. The van der Waals surface area contributed by atoms with Gasteiger partial charge < -0.3 is 18.8 Å². The first kappa shape index (κ1) is 20.1. The Kier molecular flexibility index (Phi) is 6.45. The Morgan fingerprint density at radius 3 is 2.64 bits per heavy atom. The van der Waals surface area contributed by atoms with Crippen LogP contribution in [0, 0.1) is 5.92 Å². The van der Waals surface area contributed by atoms with E-state index in [-0.39, 0.29) is 11.9 Å². The molecule has 0 N–H and O–H groups in total. The average molecular weight is 383 g/mol. The van der Waals surface area contributed by atoms with Gasteiger partial charge in [-0.2, -0.15) is 0 Å². The lowest BCUT2D eigenvalue weighted by molar-refractivity contribution is -0.129. The van der Waals surface area contributed by atoms with Gasteiger partial charge in [0.15, 0.2) is 11.5 Å². The van der Waals surface area contributed by atoms with Crippen LogP contribution in [0.3, 0.4) is 0 Å². The molecule has 3 rings (SSSR count). The van der Waals surface area contributed by atoms with Crippen molar-refractivity contribution in [3.63, 3.8) is 0 Å². The minimum absolute atomic E-state index is 0.00880. The van der Waals surface area contributed by atoms with Crippen LogP contribution in [0.4, 0.5) is 0 Å². The van der Waals surface area contributed by atoms with Crippen molar-refractivity contribution in [3.8, 4) is 11.5 Å². The molecule has 1 amide bonds. The fourth-order valence-electron chi connectivity index (χ4n) is 3.12. The van der Waals surface area contributed by atoms with E-state index in [1.165, 1.54) is 0 Å². The molecule has 5 heteroatoms. The van der Waals surface area contributed by atoms with Crippen molar-refractivity contribution in [2.24, 2.45) is 5.92 Å². The van der Waals surface area contributed by atoms with Gasteiger partial charge in [-0.25, -0.2) is 0 Å². The third kappa shape index (κ3) is 4.97. The topological polar surface area (TPSA) is 51.9 Å². The first-order chi connectivity index (χ1) is 13.5. The van der Waals surface area contributed by atoms with E-state index in [4.69, 9.17) is 13.9 Å². The molecule has 1 aromatic heterocycles. The number of rotatable bonds is 9. The maximum absolute atomic E-state index is 12.9. The standard InChI is InChI=1S/C23H29NO4/c1-16(2)15-28-21-11-7-18(14-22(21)26-4)8-12-23(25)24(19-9-10-19)17(3)20-6-5-13-27-20/h5-8,11-14,16-17,19H,9-10,15H2,1-4H3/b12-8+. The van der Waals surface area contributed by atoms with Gasteiger partial charge in [0.25, 0.3) is 0 Å². The highest BCUT2D eigenvalue weighted by molar-refractivity contribution is 5.92. The van der Waals surface area contributed by atoms with Crippen LogP contribution in [0.25, 0.3) is 6.08 Å². The van der Waals surface area contributed by atoms with Crippen LogP contribution in [0.5, 0.6) is 11.5 Å². The SMILES string of the molecule is COc1cc(/C=C/C(=O)N(C2CC2)C(C)c2ccco2)ccc1OCC(C)C. The molecular formula is C23H29NO4. The average Bonchev–Trinajstić information content (AvgIpc) is 3.35. The molecule has 0 radical (unpaired) electrons. The molecular weight excluding hydrogens is 354 g/mol. The van der Waals surface area contributed by atoms with Crippen LogP contribution in [0.1, 0.15) is 51.0 Å². The summed E-state index contributed by atoms with van der Waals surface area (Å²) in [6, 6.07) is 9.68. The molecule has 0 bridgehead atoms. The Morgan fingerprint density at radius 2 is 2.04 bits per heavy atom. The Labute approximate surface area is 166 Å². The molecule has 28 heavy (non-hydrogen) atoms. The van der Waals surface area contributed by atoms with E-state index >= 15 is 0 Å². The van der Waals surface area contributed by atoms with Crippen molar-refractivity contribution in [2.75, 3.05) is 13.7 Å². The summed E-state index contributed by atoms with van der Waals surface area (Å²) >= 11 is 0. The molecule has 2 aromatic rings. The summed E-state index contributed by atoms with van der Waals surface area (Å²) in [4.78, 5) is 14.8. The number of hydrogen-bond acceptors (Lipinski definition) is 4. The van der Waals surface area contributed by atoms with E-state index in [9.17, 15) is 4.79 Å². The summed E-state index contributed by atoms with van der Waals surface area (Å²) in [6.45, 7) is 6.84. The molecule has 1 aromatic carbocycles. The lowest BCUT2D eigenvalue weighted by Crippen LogP contribution is -2.34. The molecule has 5 nitrogen and oxygen atoms in total. The second kappa shape index (κ2) is 9.00. The molecule has 0 aliphatic heterocycles. The molecule has 1 saturated carbocycles. The third-order valence-corrected chi connectivity index (χ3v) is 4.75. The van der Waals surface area contributed by atoms with Crippen LogP contribution < -0.4 is 9.47 Å². The van der Waals surface area contributed by atoms with E-state index in [0.717, 1.165) is 24.2 Å². The molecule has 0 spiro atoms. The van der Waals surface area contributed by atoms with Crippen molar-refractivity contribution in [1.82, 2.24) is 4.90 Å². The van der Waals surface area contributed by atoms with Crippen LogP contribution in [-0.4, -0.2) is 30.6 Å². The first-order valence-corrected chi connectivity index (χ1v) is 9.84. The predicted octanol–water partition coefficient (Wildman–Crippen LogP) is 5.09. The van der Waals surface area contributed by atoms with E-state index in [1.807, 2.05) is 48.2 Å². The number of benzene rings is 1. The number of hydrogen-bond donors (Lipinski definition) is 0. The molecule has 1 aliphatic rings. The first-order valence-electron chi connectivity index (χ1n) is 9.84. The fraction of sp³-hybridized carbons (Fsp3) is 0.435. The largest absolute Gasteiger partial charge is 0.493 e. The number of carbonyl (C=O) groups excluding carboxylic acids is 1. The Hall–Kier alpha value is -2.69. The molecule has 150 valence electrons. The van der Waals surface area contributed by atoms with Crippen LogP contribution >= 0.6 is 0 Å². The predicted molar refractivity (Wildman–Crippen MR) is 109 cm³/mol. The second-order valence-corrected chi connectivity index (χ2v) is 7.62. The van der Waals surface area contributed by atoms with Crippen molar-refractivity contribution in [1.29, 1.82) is 0 Å². The van der Waals surface area contributed by atoms with Crippen molar-refractivity contribution in [3.05, 3.63) is 54.0 Å². The Balaban J connectivity index is 1.71. The highest BCUT2D eigenvalue weighted by Crippen LogP contribution is 2.35. The van der Waals surface area contributed by atoms with E-state index in [2.05, 4.69) is 13.8 Å². The van der Waals surface area contributed by atoms with E-state index < -0.39 is 0 Å². The van der Waals surface area contributed by atoms with Crippen LogP contribution in [-0.2, 0) is 4.79 Å². The zero-order valence-corrected chi connectivity index (χ0v) is 17.1. The zero-order valence-electron chi connectivity index (χ0n) is 17.1. The van der Waals surface area contributed by atoms with Gasteiger partial charge in [-0.1, -0.05) is 19.9 Å². The van der Waals surface area contributed by atoms with Crippen LogP contribution in [0.2, 0.25) is 0 Å². The van der Waals surface area contributed by atoms with Gasteiger partial charge in [0.2, 0.25) is 5.91 Å². The normalized spacial score (nSPS) is 15.0. The van der Waals surface area contributed by atoms with Crippen molar-refractivity contribution < 1.29 is 18.7 Å². The molecule has 1 unspecified atom stereocenters. The molecule has 1 atom stereocenters. The van der Waals surface area contributed by atoms with Gasteiger partial charge in [0, 0.05) is 12.1 Å². The number of furan rings is 1. The summed E-state index contributed by atoms with van der Waals surface area (Å²) in [5.41, 5.74) is 0.892. The monoisotopic (exact) mass is 383 g/mol. The quantitative estimate of drug-likeness (QED) is 0.566. The fourth-order valence-corrected chi connectivity index (χ4v) is 3.12. The summed E-state index contributed by atoms with van der Waals surface area (Å²) in [6.07, 6.45) is 7.18. The van der Waals surface area contributed by atoms with Gasteiger partial charge in [-0.3, -0.25) is 4.79 Å². The molecule has 1 heterocycles.